The molecule has 0 aliphatic rings. The van der Waals surface area contributed by atoms with Gasteiger partial charge in [-0.25, -0.2) is 0 Å². The summed E-state index contributed by atoms with van der Waals surface area (Å²) in [5.74, 6) is -0.0697. The van der Waals surface area contributed by atoms with E-state index in [1.807, 2.05) is 0 Å². The number of hydrogen-bond donors (Lipinski definition) is 0. The summed E-state index contributed by atoms with van der Waals surface area (Å²) in [6.07, 6.45) is -0.770. The molecule has 0 aromatic carbocycles. The van der Waals surface area contributed by atoms with Crippen molar-refractivity contribution in [2.24, 2.45) is 0 Å². The summed E-state index contributed by atoms with van der Waals surface area (Å²) in [6, 6.07) is 2.17. The molecule has 0 fully saturated rings. The quantitative estimate of drug-likeness (QED) is 0.716. The first-order valence-corrected chi connectivity index (χ1v) is 6.16. The number of alkyl halides is 3. The van der Waals surface area contributed by atoms with E-state index in [0.717, 1.165) is 12.3 Å². The summed E-state index contributed by atoms with van der Waals surface area (Å²) in [5.41, 5.74) is -0.456. The van der Waals surface area contributed by atoms with Crippen LogP contribution in [0.3, 0.4) is 0 Å². The van der Waals surface area contributed by atoms with Gasteiger partial charge >= 0.3 is 6.18 Å². The van der Waals surface area contributed by atoms with Crippen LogP contribution in [0.5, 0.6) is 0 Å². The number of rotatable bonds is 7. The highest BCUT2D eigenvalue weighted by atomic mass is 19.4. The van der Waals surface area contributed by atoms with Gasteiger partial charge < -0.3 is 4.74 Å². The van der Waals surface area contributed by atoms with Gasteiger partial charge in [0.05, 0.1) is 6.61 Å². The van der Waals surface area contributed by atoms with Crippen molar-refractivity contribution in [3.63, 3.8) is 0 Å². The molecule has 21 heavy (non-hydrogen) atoms. The van der Waals surface area contributed by atoms with Gasteiger partial charge in [0.15, 0.2) is 5.78 Å². The van der Waals surface area contributed by atoms with Crippen LogP contribution in [-0.4, -0.2) is 17.4 Å². The molecule has 0 bridgehead atoms. The smallest absolute Gasteiger partial charge is 0.369 e. The van der Waals surface area contributed by atoms with Gasteiger partial charge in [0, 0.05) is 12.6 Å². The Morgan fingerprint density at radius 1 is 1.33 bits per heavy atom. The van der Waals surface area contributed by atoms with Crippen LogP contribution < -0.4 is 0 Å². The summed E-state index contributed by atoms with van der Waals surface area (Å²) in [6.45, 7) is 9.50. The summed E-state index contributed by atoms with van der Waals surface area (Å²) in [5, 5.41) is 0. The van der Waals surface area contributed by atoms with Crippen LogP contribution in [0.2, 0.25) is 0 Å². The van der Waals surface area contributed by atoms with E-state index >= 15 is 0 Å². The predicted molar refractivity (Wildman–Crippen MR) is 74.6 cm³/mol. The lowest BCUT2D eigenvalue weighted by Crippen LogP contribution is -2.10. The summed E-state index contributed by atoms with van der Waals surface area (Å²) in [4.78, 5) is 14.5. The van der Waals surface area contributed by atoms with Crippen LogP contribution in [0.4, 0.5) is 13.2 Å². The fourth-order valence-corrected chi connectivity index (χ4v) is 1.30. The third kappa shape index (κ3) is 8.04. The molecule has 1 rings (SSSR count). The van der Waals surface area contributed by atoms with Crippen molar-refractivity contribution in [1.82, 2.24) is 4.98 Å². The number of hydrogen-bond acceptors (Lipinski definition) is 3. The number of aromatic nitrogens is 1. The summed E-state index contributed by atoms with van der Waals surface area (Å²) >= 11 is 0. The average molecular weight is 301 g/mol. The van der Waals surface area contributed by atoms with E-state index in [2.05, 4.69) is 24.7 Å². The summed E-state index contributed by atoms with van der Waals surface area (Å²) in [7, 11) is 0. The Morgan fingerprint density at radius 3 is 2.48 bits per heavy atom. The second-order valence-electron chi connectivity index (χ2n) is 3.91. The molecule has 0 atom stereocenters. The van der Waals surface area contributed by atoms with Crippen molar-refractivity contribution in [1.29, 1.82) is 0 Å². The molecule has 1 aromatic heterocycles. The van der Waals surface area contributed by atoms with Crippen molar-refractivity contribution in [2.45, 2.75) is 25.6 Å². The molecule has 0 amide bonds. The van der Waals surface area contributed by atoms with Crippen LogP contribution in [-0.2, 0) is 22.3 Å². The Labute approximate surface area is 122 Å². The second kappa shape index (κ2) is 9.88. The number of nitrogens with zero attached hydrogens (tertiary/aromatic N) is 1. The zero-order valence-electron chi connectivity index (χ0n) is 11.7. The van der Waals surface area contributed by atoms with Gasteiger partial charge in [-0.15, -0.1) is 19.7 Å². The van der Waals surface area contributed by atoms with Gasteiger partial charge in [0.25, 0.3) is 0 Å². The number of carbonyl (C=O) groups excluding carboxylic acids is 1. The molecule has 0 spiro atoms. The van der Waals surface area contributed by atoms with Crippen molar-refractivity contribution in [3.05, 3.63) is 55.4 Å². The molecule has 3 nitrogen and oxygen atoms in total. The fraction of sp³-hybridized carbons (Fsp3) is 0.333. The molecule has 0 aliphatic heterocycles. The number of halogens is 3. The first-order valence-electron chi connectivity index (χ1n) is 6.16. The second-order valence-corrected chi connectivity index (χ2v) is 3.91. The maximum absolute atomic E-state index is 12.2. The van der Waals surface area contributed by atoms with Gasteiger partial charge in [0.1, 0.15) is 12.3 Å². The topological polar surface area (TPSA) is 39.2 Å². The zero-order valence-corrected chi connectivity index (χ0v) is 11.7. The van der Waals surface area contributed by atoms with Gasteiger partial charge in [-0.05, 0) is 18.1 Å². The molecule has 116 valence electrons. The molecule has 0 saturated heterocycles. The molecule has 1 aromatic rings. The van der Waals surface area contributed by atoms with E-state index in [4.69, 9.17) is 4.74 Å². The molecule has 0 N–H and O–H groups in total. The third-order valence-corrected chi connectivity index (χ3v) is 2.27. The molecular weight excluding hydrogens is 283 g/mol. The number of pyridine rings is 1. The van der Waals surface area contributed by atoms with E-state index < -0.39 is 11.9 Å². The van der Waals surface area contributed by atoms with Crippen molar-refractivity contribution < 1.29 is 22.7 Å². The Hall–Kier alpha value is -1.95. The molecule has 0 saturated carbocycles. The lowest BCUT2D eigenvalue weighted by atomic mass is 10.2. The Balaban J connectivity index is 0.00000191. The Kier molecular flexibility index (Phi) is 8.96. The predicted octanol–water partition coefficient (Wildman–Crippen LogP) is 3.95. The molecule has 0 aliphatic carbocycles. The maximum atomic E-state index is 12.2. The van der Waals surface area contributed by atoms with Gasteiger partial charge in [-0.3, -0.25) is 9.78 Å². The van der Waals surface area contributed by atoms with Crippen molar-refractivity contribution in [2.75, 3.05) is 6.61 Å². The lowest BCUT2D eigenvalue weighted by molar-refractivity contribution is -0.141. The van der Waals surface area contributed by atoms with Crippen molar-refractivity contribution in [3.8, 4) is 0 Å². The summed E-state index contributed by atoms with van der Waals surface area (Å²) < 4.78 is 41.8. The third-order valence-electron chi connectivity index (χ3n) is 2.27. The van der Waals surface area contributed by atoms with Crippen LogP contribution in [0.25, 0.3) is 0 Å². The van der Waals surface area contributed by atoms with Crippen LogP contribution >= 0.6 is 0 Å². The SMILES string of the molecule is C=C.C=CCCC(=O)COCc1ccc(C(F)(F)F)nc1. The standard InChI is InChI=1S/C13H14F3NO2.C2H4/c1-2-3-4-11(18)9-19-8-10-5-6-12(17-7-10)13(14,15)16;1-2/h2,5-7H,1,3-4,8-9H2;1-2H2. The highest BCUT2D eigenvalue weighted by Gasteiger charge is 2.31. The van der Waals surface area contributed by atoms with Crippen LogP contribution in [0.1, 0.15) is 24.1 Å². The van der Waals surface area contributed by atoms with Gasteiger partial charge in [-0.2, -0.15) is 13.2 Å². The Bertz CT molecular complexity index is 441. The van der Waals surface area contributed by atoms with Gasteiger partial charge in [-0.1, -0.05) is 12.1 Å². The van der Waals surface area contributed by atoms with E-state index in [1.54, 1.807) is 6.08 Å². The van der Waals surface area contributed by atoms with E-state index in [9.17, 15) is 18.0 Å². The number of carbonyl (C=O) groups is 1. The molecule has 6 heteroatoms. The number of Topliss-reactive ketones (excluding diaryl/α,β-unsaturated/α-hetero) is 1. The molecular formula is C15H18F3NO2. The molecule has 0 unspecified atom stereocenters. The van der Waals surface area contributed by atoms with Crippen LogP contribution in [0.15, 0.2) is 44.1 Å². The van der Waals surface area contributed by atoms with Crippen molar-refractivity contribution >= 4 is 5.78 Å². The number of ether oxygens (including phenoxy) is 1. The maximum Gasteiger partial charge on any atom is 0.433 e. The minimum Gasteiger partial charge on any atom is -0.369 e. The first-order chi connectivity index (χ1) is 9.93. The zero-order chi connectivity index (χ0) is 16.3. The fourth-order valence-electron chi connectivity index (χ4n) is 1.30. The number of allylic oxidation sites excluding steroid dienone is 1. The number of ketones is 1. The monoisotopic (exact) mass is 301 g/mol. The van der Waals surface area contributed by atoms with E-state index in [1.165, 1.54) is 6.07 Å². The van der Waals surface area contributed by atoms with E-state index in [0.29, 0.717) is 18.4 Å². The largest absolute Gasteiger partial charge is 0.433 e. The Morgan fingerprint density at radius 2 is 2.00 bits per heavy atom. The minimum absolute atomic E-state index is 0.0605. The minimum atomic E-state index is -4.44. The molecule has 0 radical (unpaired) electrons. The average Bonchev–Trinajstić information content (AvgIpc) is 2.47. The van der Waals surface area contributed by atoms with Crippen LogP contribution in [0, 0.1) is 0 Å². The molecule has 1 heterocycles. The first kappa shape index (κ1) is 19.1. The van der Waals surface area contributed by atoms with Gasteiger partial charge in [0.2, 0.25) is 0 Å². The highest BCUT2D eigenvalue weighted by molar-refractivity contribution is 5.79. The lowest BCUT2D eigenvalue weighted by Gasteiger charge is -2.07. The highest BCUT2D eigenvalue weighted by Crippen LogP contribution is 2.27. The normalized spacial score (nSPS) is 10.4. The van der Waals surface area contributed by atoms with E-state index in [-0.39, 0.29) is 19.0 Å².